The topological polar surface area (TPSA) is 38.9 Å². The quantitative estimate of drug-likeness (QED) is 0.727. The summed E-state index contributed by atoms with van der Waals surface area (Å²) in [5.74, 6) is 0.579. The molecule has 0 bridgehead atoms. The Kier molecular flexibility index (Phi) is 2.31. The predicted octanol–water partition coefficient (Wildman–Crippen LogP) is 2.61. The summed E-state index contributed by atoms with van der Waals surface area (Å²) in [5, 5.41) is 7.52. The lowest BCUT2D eigenvalue weighted by atomic mass is 10.0. The van der Waals surface area contributed by atoms with Crippen molar-refractivity contribution < 1.29 is 4.42 Å². The minimum absolute atomic E-state index is 0.579. The summed E-state index contributed by atoms with van der Waals surface area (Å²) in [6.07, 6.45) is 2.40. The number of aromatic nitrogens is 2. The molecule has 0 N–H and O–H groups in total. The lowest BCUT2D eigenvalue weighted by Crippen LogP contribution is -1.87. The van der Waals surface area contributed by atoms with E-state index in [1.807, 2.05) is 6.07 Å². The van der Waals surface area contributed by atoms with E-state index in [4.69, 9.17) is 4.42 Å². The van der Waals surface area contributed by atoms with Crippen molar-refractivity contribution >= 4 is 0 Å². The monoisotopic (exact) mass is 188 g/mol. The fourth-order valence-corrected chi connectivity index (χ4v) is 1.52. The number of hydrogen-bond donors (Lipinski definition) is 0. The van der Waals surface area contributed by atoms with Crippen LogP contribution < -0.4 is 0 Å². The Bertz CT molecular complexity index is 421. The molecule has 0 atom stereocenters. The van der Waals surface area contributed by atoms with E-state index >= 15 is 0 Å². The molecule has 14 heavy (non-hydrogen) atoms. The van der Waals surface area contributed by atoms with Crippen LogP contribution in [-0.2, 0) is 6.42 Å². The highest BCUT2D eigenvalue weighted by Gasteiger charge is 2.04. The molecule has 3 heteroatoms. The fourth-order valence-electron chi connectivity index (χ4n) is 1.52. The van der Waals surface area contributed by atoms with Crippen LogP contribution in [0.5, 0.6) is 0 Å². The number of benzene rings is 1. The van der Waals surface area contributed by atoms with Crippen LogP contribution >= 0.6 is 0 Å². The molecule has 0 aliphatic heterocycles. The van der Waals surface area contributed by atoms with E-state index in [1.54, 1.807) is 0 Å². The largest absolute Gasteiger partial charge is 0.423 e. The van der Waals surface area contributed by atoms with Crippen LogP contribution in [0, 0.1) is 6.92 Å². The number of hydrogen-bond acceptors (Lipinski definition) is 3. The molecule has 0 fully saturated rings. The molecule has 0 aliphatic rings. The Morgan fingerprint density at radius 3 is 2.79 bits per heavy atom. The van der Waals surface area contributed by atoms with Gasteiger partial charge in [-0.1, -0.05) is 13.0 Å². The van der Waals surface area contributed by atoms with Gasteiger partial charge in [0.15, 0.2) is 0 Å². The third kappa shape index (κ3) is 1.53. The minimum Gasteiger partial charge on any atom is -0.423 e. The van der Waals surface area contributed by atoms with Gasteiger partial charge in [0.25, 0.3) is 0 Å². The van der Waals surface area contributed by atoms with Gasteiger partial charge in [-0.2, -0.15) is 0 Å². The number of aryl methyl sites for hydroxylation is 2. The van der Waals surface area contributed by atoms with E-state index in [2.05, 4.69) is 36.2 Å². The Hall–Kier alpha value is -1.64. The van der Waals surface area contributed by atoms with Gasteiger partial charge >= 0.3 is 0 Å². The zero-order valence-corrected chi connectivity index (χ0v) is 8.32. The van der Waals surface area contributed by atoms with E-state index in [9.17, 15) is 0 Å². The molecule has 1 aromatic carbocycles. The molecule has 0 saturated heterocycles. The van der Waals surface area contributed by atoms with Gasteiger partial charge in [0.2, 0.25) is 12.3 Å². The molecule has 0 aliphatic carbocycles. The summed E-state index contributed by atoms with van der Waals surface area (Å²) in [6.45, 7) is 4.24. The summed E-state index contributed by atoms with van der Waals surface area (Å²) in [4.78, 5) is 0. The first-order chi connectivity index (χ1) is 6.81. The van der Waals surface area contributed by atoms with Gasteiger partial charge in [-0.3, -0.25) is 0 Å². The first-order valence-electron chi connectivity index (χ1n) is 4.67. The van der Waals surface area contributed by atoms with E-state index in [1.165, 1.54) is 17.5 Å². The molecule has 2 aromatic rings. The van der Waals surface area contributed by atoms with Crippen molar-refractivity contribution in [3.63, 3.8) is 0 Å². The van der Waals surface area contributed by atoms with Gasteiger partial charge in [-0.15, -0.1) is 10.2 Å². The van der Waals surface area contributed by atoms with Crippen molar-refractivity contribution in [2.45, 2.75) is 20.3 Å². The predicted molar refractivity (Wildman–Crippen MR) is 53.8 cm³/mol. The number of rotatable bonds is 2. The van der Waals surface area contributed by atoms with Gasteiger partial charge in [-0.25, -0.2) is 0 Å². The molecule has 0 spiro atoms. The first kappa shape index (κ1) is 8.94. The molecule has 0 saturated carbocycles. The summed E-state index contributed by atoms with van der Waals surface area (Å²) in [6, 6.07) is 6.20. The lowest BCUT2D eigenvalue weighted by molar-refractivity contribution is 0.568. The van der Waals surface area contributed by atoms with E-state index in [0.29, 0.717) is 5.89 Å². The SMILES string of the molecule is CCc1ccc(-c2nnco2)cc1C. The maximum absolute atomic E-state index is 5.13. The average Bonchev–Trinajstić information content (AvgIpc) is 2.70. The van der Waals surface area contributed by atoms with Crippen LogP contribution in [0.15, 0.2) is 29.0 Å². The summed E-state index contributed by atoms with van der Waals surface area (Å²) in [7, 11) is 0. The van der Waals surface area contributed by atoms with Crippen LogP contribution in [-0.4, -0.2) is 10.2 Å². The standard InChI is InChI=1S/C11H12N2O/c1-3-9-4-5-10(6-8(9)2)11-13-12-7-14-11/h4-7H,3H2,1-2H3. The Morgan fingerprint density at radius 2 is 2.21 bits per heavy atom. The van der Waals surface area contributed by atoms with Gasteiger partial charge in [0, 0.05) is 5.56 Å². The maximum atomic E-state index is 5.13. The molecule has 0 unspecified atom stereocenters. The van der Waals surface area contributed by atoms with Gasteiger partial charge < -0.3 is 4.42 Å². The molecule has 0 radical (unpaired) electrons. The number of nitrogens with zero attached hydrogens (tertiary/aromatic N) is 2. The van der Waals surface area contributed by atoms with E-state index < -0.39 is 0 Å². The molecular weight excluding hydrogens is 176 g/mol. The third-order valence-electron chi connectivity index (χ3n) is 2.33. The Labute approximate surface area is 82.8 Å². The van der Waals surface area contributed by atoms with E-state index in [-0.39, 0.29) is 0 Å². The minimum atomic E-state index is 0.579. The van der Waals surface area contributed by atoms with Crippen LogP contribution in [0.25, 0.3) is 11.5 Å². The van der Waals surface area contributed by atoms with Crippen molar-refractivity contribution in [3.8, 4) is 11.5 Å². The molecule has 1 heterocycles. The van der Waals surface area contributed by atoms with Gasteiger partial charge in [-0.05, 0) is 36.6 Å². The van der Waals surface area contributed by atoms with Crippen LogP contribution in [0.4, 0.5) is 0 Å². The molecular formula is C11H12N2O. The molecule has 72 valence electrons. The summed E-state index contributed by atoms with van der Waals surface area (Å²) < 4.78 is 5.13. The highest BCUT2D eigenvalue weighted by atomic mass is 16.4. The zero-order chi connectivity index (χ0) is 9.97. The zero-order valence-electron chi connectivity index (χ0n) is 8.32. The van der Waals surface area contributed by atoms with Crippen LogP contribution in [0.1, 0.15) is 18.1 Å². The molecule has 0 amide bonds. The van der Waals surface area contributed by atoms with Crippen LogP contribution in [0.2, 0.25) is 0 Å². The van der Waals surface area contributed by atoms with Crippen molar-refractivity contribution in [2.75, 3.05) is 0 Å². The Balaban J connectivity index is 2.43. The van der Waals surface area contributed by atoms with Crippen molar-refractivity contribution in [1.82, 2.24) is 10.2 Å². The summed E-state index contributed by atoms with van der Waals surface area (Å²) >= 11 is 0. The van der Waals surface area contributed by atoms with Crippen LogP contribution in [0.3, 0.4) is 0 Å². The molecule has 2 rings (SSSR count). The first-order valence-corrected chi connectivity index (χ1v) is 4.67. The van der Waals surface area contributed by atoms with Crippen molar-refractivity contribution in [3.05, 3.63) is 35.7 Å². The third-order valence-corrected chi connectivity index (χ3v) is 2.33. The average molecular weight is 188 g/mol. The van der Waals surface area contributed by atoms with E-state index in [0.717, 1.165) is 12.0 Å². The second-order valence-corrected chi connectivity index (χ2v) is 3.24. The lowest BCUT2D eigenvalue weighted by Gasteiger charge is -2.03. The normalized spacial score (nSPS) is 10.4. The fraction of sp³-hybridized carbons (Fsp3) is 0.273. The van der Waals surface area contributed by atoms with Gasteiger partial charge in [0.1, 0.15) is 0 Å². The van der Waals surface area contributed by atoms with Crippen molar-refractivity contribution in [2.24, 2.45) is 0 Å². The maximum Gasteiger partial charge on any atom is 0.247 e. The second-order valence-electron chi connectivity index (χ2n) is 3.24. The van der Waals surface area contributed by atoms with Crippen molar-refractivity contribution in [1.29, 1.82) is 0 Å². The molecule has 3 nitrogen and oxygen atoms in total. The molecule has 1 aromatic heterocycles. The second kappa shape index (κ2) is 3.62. The smallest absolute Gasteiger partial charge is 0.247 e. The highest BCUT2D eigenvalue weighted by molar-refractivity contribution is 5.55. The highest BCUT2D eigenvalue weighted by Crippen LogP contribution is 2.20. The Morgan fingerprint density at radius 1 is 1.36 bits per heavy atom. The summed E-state index contributed by atoms with van der Waals surface area (Å²) in [5.41, 5.74) is 3.61. The van der Waals surface area contributed by atoms with Gasteiger partial charge in [0.05, 0.1) is 0 Å².